The number of hydrogen-bond donors (Lipinski definition) is 0. The molecule has 0 atom stereocenters. The number of halogens is 2. The van der Waals surface area contributed by atoms with Crippen molar-refractivity contribution in [3.8, 4) is 10.7 Å². The minimum Gasteiger partial charge on any atom is -0.234 e. The molecule has 22 heavy (non-hydrogen) atoms. The molecule has 0 saturated carbocycles. The van der Waals surface area contributed by atoms with Gasteiger partial charge in [-0.3, -0.25) is 0 Å². The molecule has 0 unspecified atom stereocenters. The van der Waals surface area contributed by atoms with Crippen molar-refractivity contribution in [3.63, 3.8) is 0 Å². The van der Waals surface area contributed by atoms with Gasteiger partial charge in [0, 0.05) is 6.92 Å². The minimum atomic E-state index is -2.95. The Balaban J connectivity index is 1.80. The number of alkyl halides is 2. The third-order valence-electron chi connectivity index (χ3n) is 3.18. The molecule has 4 aromatic rings. The van der Waals surface area contributed by atoms with E-state index in [1.807, 2.05) is 19.1 Å². The van der Waals surface area contributed by atoms with Crippen molar-refractivity contribution in [1.82, 2.24) is 19.6 Å². The summed E-state index contributed by atoms with van der Waals surface area (Å²) in [6.07, 6.45) is 1.64. The lowest BCUT2D eigenvalue weighted by molar-refractivity contribution is 0.0163. The van der Waals surface area contributed by atoms with Crippen LogP contribution >= 0.6 is 22.7 Å². The minimum absolute atomic E-state index is 0.235. The predicted molar refractivity (Wildman–Crippen MR) is 83.8 cm³/mol. The smallest absolute Gasteiger partial charge is 0.234 e. The summed E-state index contributed by atoms with van der Waals surface area (Å²) < 4.78 is 29.0. The number of rotatable bonds is 2. The first-order valence-corrected chi connectivity index (χ1v) is 8.15. The Morgan fingerprint density at radius 3 is 2.73 bits per heavy atom. The highest BCUT2D eigenvalue weighted by atomic mass is 32.1. The number of fused-ring (bicyclic) bond motifs is 2. The molecule has 0 saturated heterocycles. The van der Waals surface area contributed by atoms with E-state index in [0.29, 0.717) is 10.7 Å². The molecule has 1 aromatic carbocycles. The Bertz CT molecular complexity index is 962. The Morgan fingerprint density at radius 1 is 1.18 bits per heavy atom. The van der Waals surface area contributed by atoms with Crippen LogP contribution in [0.5, 0.6) is 0 Å². The number of nitrogens with zero attached hydrogens (tertiary/aromatic N) is 4. The highest BCUT2D eigenvalue weighted by Crippen LogP contribution is 2.34. The first kappa shape index (κ1) is 13.7. The molecular weight excluding hydrogens is 326 g/mol. The summed E-state index contributed by atoms with van der Waals surface area (Å²) >= 11 is 2.43. The van der Waals surface area contributed by atoms with Gasteiger partial charge in [-0.2, -0.15) is 13.9 Å². The third kappa shape index (κ3) is 2.19. The normalized spacial score (nSPS) is 12.5. The van der Waals surface area contributed by atoms with Gasteiger partial charge in [0.25, 0.3) is 5.92 Å². The molecule has 3 heterocycles. The van der Waals surface area contributed by atoms with Gasteiger partial charge in [-0.25, -0.2) is 14.5 Å². The Hall–Kier alpha value is -1.93. The summed E-state index contributed by atoms with van der Waals surface area (Å²) in [4.78, 5) is 9.36. The van der Waals surface area contributed by atoms with E-state index in [9.17, 15) is 8.78 Å². The second-order valence-corrected chi connectivity index (χ2v) is 7.13. The largest absolute Gasteiger partial charge is 0.298 e. The molecule has 0 bridgehead atoms. The average molecular weight is 336 g/mol. The molecule has 4 nitrogen and oxygen atoms in total. The van der Waals surface area contributed by atoms with Gasteiger partial charge in [0.1, 0.15) is 10.7 Å². The van der Waals surface area contributed by atoms with Crippen LogP contribution in [-0.4, -0.2) is 19.6 Å². The van der Waals surface area contributed by atoms with Crippen LogP contribution in [0.2, 0.25) is 0 Å². The van der Waals surface area contributed by atoms with Crippen molar-refractivity contribution >= 4 is 37.9 Å². The first-order chi connectivity index (χ1) is 10.4. The van der Waals surface area contributed by atoms with Crippen LogP contribution in [0.4, 0.5) is 8.78 Å². The maximum Gasteiger partial charge on any atom is 0.298 e. The van der Waals surface area contributed by atoms with Crippen LogP contribution in [0.1, 0.15) is 17.5 Å². The SMILES string of the molecule is Cc1ccc2nc(-c3cn4nc(C(C)(F)F)sc4n3)sc2c1. The maximum atomic E-state index is 13.3. The lowest BCUT2D eigenvalue weighted by atomic mass is 10.2. The predicted octanol–water partition coefficient (Wildman–Crippen LogP) is 4.49. The van der Waals surface area contributed by atoms with E-state index >= 15 is 0 Å². The van der Waals surface area contributed by atoms with Crippen molar-refractivity contribution in [2.75, 3.05) is 0 Å². The summed E-state index contributed by atoms with van der Waals surface area (Å²) in [5.41, 5.74) is 2.74. The average Bonchev–Trinajstić information content (AvgIpc) is 3.07. The molecule has 112 valence electrons. The fourth-order valence-electron chi connectivity index (χ4n) is 2.12. The molecule has 0 fully saturated rings. The molecule has 0 N–H and O–H groups in total. The van der Waals surface area contributed by atoms with Crippen LogP contribution < -0.4 is 0 Å². The van der Waals surface area contributed by atoms with Crippen molar-refractivity contribution < 1.29 is 8.78 Å². The van der Waals surface area contributed by atoms with Crippen molar-refractivity contribution in [3.05, 3.63) is 35.0 Å². The molecule has 3 aromatic heterocycles. The second kappa shape index (κ2) is 4.53. The van der Waals surface area contributed by atoms with Crippen LogP contribution in [0, 0.1) is 6.92 Å². The van der Waals surface area contributed by atoms with Crippen LogP contribution in [0.15, 0.2) is 24.4 Å². The third-order valence-corrected chi connectivity index (χ3v) is 5.32. The fourth-order valence-corrected chi connectivity index (χ4v) is 3.95. The van der Waals surface area contributed by atoms with E-state index < -0.39 is 5.92 Å². The summed E-state index contributed by atoms with van der Waals surface area (Å²) in [6, 6.07) is 6.05. The highest BCUT2D eigenvalue weighted by Gasteiger charge is 2.30. The standard InChI is InChI=1S/C14H10F2N4S2/c1-7-3-4-8-10(5-7)21-11(17-8)9-6-20-13(18-9)22-12(19-20)14(2,15)16/h3-6H,1-2H3. The zero-order chi connectivity index (χ0) is 15.5. The monoisotopic (exact) mass is 336 g/mol. The summed E-state index contributed by atoms with van der Waals surface area (Å²) in [7, 11) is 0. The molecule has 0 aliphatic heterocycles. The molecular formula is C14H10F2N4S2. The molecule has 0 aliphatic carbocycles. The molecule has 0 spiro atoms. The van der Waals surface area contributed by atoms with E-state index in [4.69, 9.17) is 0 Å². The summed E-state index contributed by atoms with van der Waals surface area (Å²) in [5, 5.41) is 4.43. The zero-order valence-electron chi connectivity index (χ0n) is 11.7. The lowest BCUT2D eigenvalue weighted by Crippen LogP contribution is -2.06. The highest BCUT2D eigenvalue weighted by molar-refractivity contribution is 7.21. The lowest BCUT2D eigenvalue weighted by Gasteiger charge is -2.02. The number of aromatic nitrogens is 4. The fraction of sp³-hybridized carbons (Fsp3) is 0.214. The zero-order valence-corrected chi connectivity index (χ0v) is 13.3. The van der Waals surface area contributed by atoms with E-state index in [-0.39, 0.29) is 5.01 Å². The van der Waals surface area contributed by atoms with Crippen LogP contribution in [0.3, 0.4) is 0 Å². The Morgan fingerprint density at radius 2 is 2.00 bits per heavy atom. The molecule has 0 aliphatic rings. The maximum absolute atomic E-state index is 13.3. The van der Waals surface area contributed by atoms with Gasteiger partial charge >= 0.3 is 0 Å². The van der Waals surface area contributed by atoms with Crippen molar-refractivity contribution in [1.29, 1.82) is 0 Å². The number of hydrogen-bond acceptors (Lipinski definition) is 5. The Labute approximate surface area is 132 Å². The van der Waals surface area contributed by atoms with Crippen molar-refractivity contribution in [2.45, 2.75) is 19.8 Å². The molecule has 8 heteroatoms. The number of thiazole rings is 1. The number of benzene rings is 1. The number of aryl methyl sites for hydroxylation is 1. The summed E-state index contributed by atoms with van der Waals surface area (Å²) in [5.74, 6) is -2.95. The van der Waals surface area contributed by atoms with Gasteiger partial charge in [0.2, 0.25) is 4.96 Å². The van der Waals surface area contributed by atoms with Crippen molar-refractivity contribution in [2.24, 2.45) is 0 Å². The van der Waals surface area contributed by atoms with Gasteiger partial charge in [0.05, 0.1) is 16.4 Å². The topological polar surface area (TPSA) is 43.1 Å². The first-order valence-electron chi connectivity index (χ1n) is 6.52. The van der Waals surface area contributed by atoms with Crippen LogP contribution in [-0.2, 0) is 5.92 Å². The van der Waals surface area contributed by atoms with Gasteiger partial charge in [-0.05, 0) is 24.6 Å². The van der Waals surface area contributed by atoms with E-state index in [2.05, 4.69) is 21.1 Å². The van der Waals surface area contributed by atoms with Gasteiger partial charge < -0.3 is 0 Å². The Kier molecular flexibility index (Phi) is 2.82. The van der Waals surface area contributed by atoms with Gasteiger partial charge in [-0.1, -0.05) is 17.4 Å². The van der Waals surface area contributed by atoms with Gasteiger partial charge in [0.15, 0.2) is 5.01 Å². The second-order valence-electron chi connectivity index (χ2n) is 5.14. The molecule has 0 amide bonds. The van der Waals surface area contributed by atoms with E-state index in [0.717, 1.165) is 33.5 Å². The molecule has 4 rings (SSSR count). The summed E-state index contributed by atoms with van der Waals surface area (Å²) in [6.45, 7) is 2.86. The van der Waals surface area contributed by atoms with E-state index in [1.54, 1.807) is 6.20 Å². The van der Waals surface area contributed by atoms with Crippen LogP contribution in [0.25, 0.3) is 25.9 Å². The van der Waals surface area contributed by atoms with Gasteiger partial charge in [-0.15, -0.1) is 11.3 Å². The quantitative estimate of drug-likeness (QED) is 0.542. The van der Waals surface area contributed by atoms with E-state index in [1.165, 1.54) is 21.4 Å². The number of imidazole rings is 1. The molecule has 0 radical (unpaired) electrons.